The Kier molecular flexibility index (Phi) is 4.31. The number of rotatable bonds is 3. The fourth-order valence-electron chi connectivity index (χ4n) is 1.37. The van der Waals surface area contributed by atoms with Crippen molar-refractivity contribution >= 4 is 11.5 Å². The van der Waals surface area contributed by atoms with Gasteiger partial charge in [-0.2, -0.15) is 0 Å². The number of aliphatic imine (C=N–C) groups is 1. The van der Waals surface area contributed by atoms with Gasteiger partial charge in [-0.05, 0) is 38.1 Å². The molecule has 1 aromatic rings. The normalized spacial score (nSPS) is 11.8. The average Bonchev–Trinajstić information content (AvgIpc) is 2.25. The summed E-state index contributed by atoms with van der Waals surface area (Å²) in [4.78, 5) is 6.46. The molecule has 0 aliphatic heterocycles. The summed E-state index contributed by atoms with van der Waals surface area (Å²) < 4.78 is 0. The number of hydrazine groups is 1. The summed E-state index contributed by atoms with van der Waals surface area (Å²) in [5, 5.41) is 0. The molecule has 3 N–H and O–H groups in total. The maximum Gasteiger partial charge on any atom is 0.142 e. The zero-order valence-corrected chi connectivity index (χ0v) is 10.4. The van der Waals surface area contributed by atoms with Crippen molar-refractivity contribution in [2.75, 3.05) is 19.0 Å². The van der Waals surface area contributed by atoms with Crippen LogP contribution < -0.4 is 16.2 Å². The lowest BCUT2D eigenvalue weighted by Crippen LogP contribution is -2.32. The van der Waals surface area contributed by atoms with Crippen molar-refractivity contribution in [3.8, 4) is 0 Å². The van der Waals surface area contributed by atoms with Gasteiger partial charge in [0.15, 0.2) is 0 Å². The zero-order chi connectivity index (χ0) is 12.1. The summed E-state index contributed by atoms with van der Waals surface area (Å²) in [7, 11) is 4.03. The minimum atomic E-state index is 0.222. The van der Waals surface area contributed by atoms with Crippen molar-refractivity contribution in [2.45, 2.75) is 19.9 Å². The van der Waals surface area contributed by atoms with Gasteiger partial charge >= 0.3 is 0 Å². The molecule has 0 aliphatic rings. The second-order valence-electron chi connectivity index (χ2n) is 4.16. The minimum Gasteiger partial charge on any atom is -0.378 e. The van der Waals surface area contributed by atoms with Crippen LogP contribution in [-0.2, 0) is 0 Å². The van der Waals surface area contributed by atoms with Gasteiger partial charge in [-0.15, -0.1) is 0 Å². The fourth-order valence-corrected chi connectivity index (χ4v) is 1.37. The van der Waals surface area contributed by atoms with Crippen molar-refractivity contribution in [3.63, 3.8) is 0 Å². The van der Waals surface area contributed by atoms with E-state index in [-0.39, 0.29) is 6.04 Å². The Balaban J connectivity index is 2.95. The Bertz CT molecular complexity index is 352. The lowest BCUT2D eigenvalue weighted by molar-refractivity contribution is 0.820. The lowest BCUT2D eigenvalue weighted by atomic mass is 10.2. The summed E-state index contributed by atoms with van der Waals surface area (Å²) in [5.41, 5.74) is 4.79. The molecule has 4 heteroatoms. The van der Waals surface area contributed by atoms with E-state index in [9.17, 15) is 0 Å². The van der Waals surface area contributed by atoms with Gasteiger partial charge in [0.2, 0.25) is 0 Å². The van der Waals surface area contributed by atoms with Crippen molar-refractivity contribution in [1.82, 2.24) is 5.43 Å². The number of nitrogens with two attached hydrogens (primary N) is 1. The third-order valence-corrected chi connectivity index (χ3v) is 2.18. The Labute approximate surface area is 97.1 Å². The predicted molar refractivity (Wildman–Crippen MR) is 69.8 cm³/mol. The van der Waals surface area contributed by atoms with Crippen molar-refractivity contribution < 1.29 is 0 Å². The average molecular weight is 220 g/mol. The molecule has 0 spiro atoms. The van der Waals surface area contributed by atoms with Gasteiger partial charge in [0.1, 0.15) is 5.84 Å². The summed E-state index contributed by atoms with van der Waals surface area (Å²) in [6.07, 6.45) is 0. The molecule has 0 unspecified atom stereocenters. The van der Waals surface area contributed by atoms with E-state index in [1.54, 1.807) is 0 Å². The van der Waals surface area contributed by atoms with Gasteiger partial charge < -0.3 is 10.3 Å². The predicted octanol–water partition coefficient (Wildman–Crippen LogP) is 1.37. The molecule has 0 atom stereocenters. The molecule has 88 valence electrons. The van der Waals surface area contributed by atoms with Crippen LogP contribution in [-0.4, -0.2) is 26.0 Å². The van der Waals surface area contributed by atoms with Crippen LogP contribution in [0.15, 0.2) is 29.3 Å². The highest BCUT2D eigenvalue weighted by Crippen LogP contribution is 2.12. The van der Waals surface area contributed by atoms with Crippen LogP contribution in [0.5, 0.6) is 0 Å². The maximum atomic E-state index is 5.46. The molecule has 0 heterocycles. The molecule has 0 aromatic heterocycles. The fraction of sp³-hybridized carbons (Fsp3) is 0.417. The monoisotopic (exact) mass is 220 g/mol. The number of benzene rings is 1. The number of hydrogen-bond donors (Lipinski definition) is 2. The first-order valence-corrected chi connectivity index (χ1v) is 5.36. The van der Waals surface area contributed by atoms with Crippen LogP contribution in [0.4, 0.5) is 5.69 Å². The van der Waals surface area contributed by atoms with E-state index < -0.39 is 0 Å². The van der Waals surface area contributed by atoms with Gasteiger partial charge in [-0.1, -0.05) is 0 Å². The molecule has 1 rings (SSSR count). The first kappa shape index (κ1) is 12.5. The molecular weight excluding hydrogens is 200 g/mol. The second kappa shape index (κ2) is 5.51. The van der Waals surface area contributed by atoms with Crippen LogP contribution in [0.1, 0.15) is 19.4 Å². The smallest absolute Gasteiger partial charge is 0.142 e. The van der Waals surface area contributed by atoms with Crippen LogP contribution >= 0.6 is 0 Å². The summed E-state index contributed by atoms with van der Waals surface area (Å²) in [6, 6.07) is 8.33. The van der Waals surface area contributed by atoms with Crippen LogP contribution in [0.3, 0.4) is 0 Å². The highest BCUT2D eigenvalue weighted by atomic mass is 15.3. The van der Waals surface area contributed by atoms with Crippen LogP contribution in [0, 0.1) is 0 Å². The Morgan fingerprint density at radius 2 is 1.81 bits per heavy atom. The van der Waals surface area contributed by atoms with E-state index in [4.69, 9.17) is 5.84 Å². The van der Waals surface area contributed by atoms with Gasteiger partial charge in [0.05, 0.1) is 0 Å². The molecule has 16 heavy (non-hydrogen) atoms. The number of hydrogen-bond acceptors (Lipinski definition) is 3. The van der Waals surface area contributed by atoms with E-state index in [0.717, 1.165) is 17.1 Å². The highest BCUT2D eigenvalue weighted by Gasteiger charge is 2.03. The van der Waals surface area contributed by atoms with Gasteiger partial charge in [0, 0.05) is 31.4 Å². The first-order chi connectivity index (χ1) is 7.54. The number of nitrogens with one attached hydrogen (secondary N) is 1. The Hall–Kier alpha value is -1.55. The van der Waals surface area contributed by atoms with Crippen molar-refractivity contribution in [1.29, 1.82) is 0 Å². The van der Waals surface area contributed by atoms with E-state index in [2.05, 4.69) is 15.3 Å². The van der Waals surface area contributed by atoms with E-state index >= 15 is 0 Å². The third kappa shape index (κ3) is 3.24. The molecule has 4 nitrogen and oxygen atoms in total. The van der Waals surface area contributed by atoms with E-state index in [0.29, 0.717) is 0 Å². The molecule has 0 amide bonds. The number of anilines is 1. The second-order valence-corrected chi connectivity index (χ2v) is 4.16. The molecule has 0 radical (unpaired) electrons. The Morgan fingerprint density at radius 1 is 1.25 bits per heavy atom. The molecular formula is C12H20N4. The van der Waals surface area contributed by atoms with E-state index in [1.807, 2.05) is 52.2 Å². The molecule has 0 aliphatic carbocycles. The molecule has 0 saturated carbocycles. The van der Waals surface area contributed by atoms with Gasteiger partial charge in [-0.25, -0.2) is 5.84 Å². The topological polar surface area (TPSA) is 53.6 Å². The molecule has 1 aromatic carbocycles. The molecule has 0 bridgehead atoms. The molecule has 0 saturated heterocycles. The largest absolute Gasteiger partial charge is 0.378 e. The van der Waals surface area contributed by atoms with Crippen molar-refractivity contribution in [3.05, 3.63) is 29.8 Å². The van der Waals surface area contributed by atoms with Crippen molar-refractivity contribution in [2.24, 2.45) is 10.8 Å². The Morgan fingerprint density at radius 3 is 2.19 bits per heavy atom. The van der Waals surface area contributed by atoms with E-state index in [1.165, 1.54) is 0 Å². The SMILES string of the molecule is CC(C)N=C(NN)c1ccc(N(C)C)cc1. The highest BCUT2D eigenvalue weighted by molar-refractivity contribution is 5.98. The molecule has 0 fully saturated rings. The summed E-state index contributed by atoms with van der Waals surface area (Å²) in [6.45, 7) is 4.04. The van der Waals surface area contributed by atoms with Gasteiger partial charge in [0.25, 0.3) is 0 Å². The zero-order valence-electron chi connectivity index (χ0n) is 10.4. The van der Waals surface area contributed by atoms with Crippen LogP contribution in [0.25, 0.3) is 0 Å². The van der Waals surface area contributed by atoms with Gasteiger partial charge in [-0.3, -0.25) is 4.99 Å². The number of amidine groups is 1. The summed E-state index contributed by atoms with van der Waals surface area (Å²) >= 11 is 0. The minimum absolute atomic E-state index is 0.222. The number of nitrogens with zero attached hydrogens (tertiary/aromatic N) is 2. The maximum absolute atomic E-state index is 5.46. The quantitative estimate of drug-likeness (QED) is 0.350. The third-order valence-electron chi connectivity index (χ3n) is 2.18. The first-order valence-electron chi connectivity index (χ1n) is 5.36. The van der Waals surface area contributed by atoms with Crippen LogP contribution in [0.2, 0.25) is 0 Å². The summed E-state index contributed by atoms with van der Waals surface area (Å²) in [5.74, 6) is 6.18. The lowest BCUT2D eigenvalue weighted by Gasteiger charge is -2.13. The standard InChI is InChI=1S/C12H20N4/c1-9(2)14-12(15-13)10-5-7-11(8-6-10)16(3)4/h5-9H,13H2,1-4H3,(H,14,15).